The van der Waals surface area contributed by atoms with Gasteiger partial charge in [-0.1, -0.05) is 32.0 Å². The summed E-state index contributed by atoms with van der Waals surface area (Å²) in [5.41, 5.74) is 2.24. The lowest BCUT2D eigenvalue weighted by Gasteiger charge is -2.19. The molecule has 0 aliphatic rings. The van der Waals surface area contributed by atoms with Crippen LogP contribution in [0.5, 0.6) is 11.5 Å². The summed E-state index contributed by atoms with van der Waals surface area (Å²) in [6.07, 6.45) is 0. The van der Waals surface area contributed by atoms with Crippen molar-refractivity contribution in [1.29, 1.82) is 0 Å². The number of ether oxygens (including phenoxy) is 2. The monoisotopic (exact) mass is 396 g/mol. The van der Waals surface area contributed by atoms with E-state index in [1.165, 1.54) is 7.11 Å². The highest BCUT2D eigenvalue weighted by atomic mass is 16.5. The number of amides is 1. The Labute approximate surface area is 171 Å². The van der Waals surface area contributed by atoms with Gasteiger partial charge in [-0.2, -0.15) is 0 Å². The van der Waals surface area contributed by atoms with E-state index in [1.807, 2.05) is 24.3 Å². The zero-order chi connectivity index (χ0) is 20.8. The normalized spacial score (nSPS) is 11.1. The molecule has 0 aliphatic heterocycles. The first-order valence-corrected chi connectivity index (χ1v) is 9.82. The lowest BCUT2D eigenvalue weighted by Crippen LogP contribution is -2.27. The first kappa shape index (κ1) is 20.7. The highest BCUT2D eigenvalue weighted by Gasteiger charge is 2.19. The van der Waals surface area contributed by atoms with Gasteiger partial charge in [0.15, 0.2) is 11.5 Å². The van der Waals surface area contributed by atoms with Crippen molar-refractivity contribution < 1.29 is 14.3 Å². The van der Waals surface area contributed by atoms with E-state index in [9.17, 15) is 4.79 Å². The quantitative estimate of drug-likeness (QED) is 0.598. The number of anilines is 1. The van der Waals surface area contributed by atoms with Crippen LogP contribution in [0.3, 0.4) is 0 Å². The molecule has 2 aromatic carbocycles. The number of imidazole rings is 1. The Morgan fingerprint density at radius 3 is 2.52 bits per heavy atom. The summed E-state index contributed by atoms with van der Waals surface area (Å²) in [4.78, 5) is 20.0. The van der Waals surface area contributed by atoms with Crippen molar-refractivity contribution in [2.45, 2.75) is 20.4 Å². The van der Waals surface area contributed by atoms with Gasteiger partial charge >= 0.3 is 0 Å². The summed E-state index contributed by atoms with van der Waals surface area (Å²) in [5, 5.41) is 2.96. The molecule has 0 saturated carbocycles. The van der Waals surface area contributed by atoms with E-state index in [-0.39, 0.29) is 5.91 Å². The van der Waals surface area contributed by atoms with Gasteiger partial charge in [-0.25, -0.2) is 4.98 Å². The van der Waals surface area contributed by atoms with E-state index in [0.29, 0.717) is 23.0 Å². The zero-order valence-corrected chi connectivity index (χ0v) is 17.4. The fourth-order valence-corrected chi connectivity index (χ4v) is 3.41. The van der Waals surface area contributed by atoms with E-state index < -0.39 is 0 Å². The van der Waals surface area contributed by atoms with Crippen molar-refractivity contribution in [3.8, 4) is 11.5 Å². The molecule has 0 bridgehead atoms. The molecular weight excluding hydrogens is 368 g/mol. The van der Waals surface area contributed by atoms with Crippen molar-refractivity contribution in [3.63, 3.8) is 0 Å². The van der Waals surface area contributed by atoms with Crippen LogP contribution in [0.1, 0.15) is 24.2 Å². The van der Waals surface area contributed by atoms with Crippen molar-refractivity contribution in [2.75, 3.05) is 39.2 Å². The summed E-state index contributed by atoms with van der Waals surface area (Å²) in [6.45, 7) is 7.85. The molecule has 3 aromatic rings. The molecule has 1 amide bonds. The minimum Gasteiger partial charge on any atom is -0.493 e. The molecule has 0 fully saturated rings. The predicted molar refractivity (Wildman–Crippen MR) is 115 cm³/mol. The first-order valence-electron chi connectivity index (χ1n) is 9.82. The number of para-hydroxylation sites is 3. The van der Waals surface area contributed by atoms with Gasteiger partial charge in [0, 0.05) is 13.1 Å². The van der Waals surface area contributed by atoms with E-state index in [2.05, 4.69) is 33.6 Å². The van der Waals surface area contributed by atoms with Gasteiger partial charge < -0.3 is 18.9 Å². The Bertz CT molecular complexity index is 979. The Morgan fingerprint density at radius 1 is 1.07 bits per heavy atom. The van der Waals surface area contributed by atoms with Crippen LogP contribution in [0.25, 0.3) is 11.0 Å². The molecule has 3 rings (SSSR count). The van der Waals surface area contributed by atoms with E-state index in [1.54, 1.807) is 25.3 Å². The zero-order valence-electron chi connectivity index (χ0n) is 17.4. The Morgan fingerprint density at radius 2 is 1.83 bits per heavy atom. The van der Waals surface area contributed by atoms with Crippen molar-refractivity contribution in [1.82, 2.24) is 14.5 Å². The van der Waals surface area contributed by atoms with Crippen molar-refractivity contribution in [2.24, 2.45) is 0 Å². The van der Waals surface area contributed by atoms with Crippen LogP contribution in [0.4, 0.5) is 5.95 Å². The van der Waals surface area contributed by atoms with Gasteiger partial charge in [-0.05, 0) is 37.4 Å². The van der Waals surface area contributed by atoms with Gasteiger partial charge in [-0.3, -0.25) is 10.1 Å². The van der Waals surface area contributed by atoms with Gasteiger partial charge in [-0.15, -0.1) is 0 Å². The summed E-state index contributed by atoms with van der Waals surface area (Å²) in [6, 6.07) is 13.1. The molecule has 154 valence electrons. The van der Waals surface area contributed by atoms with E-state index in [0.717, 1.165) is 37.2 Å². The number of benzene rings is 2. The number of hydrogen-bond acceptors (Lipinski definition) is 5. The highest BCUT2D eigenvalue weighted by molar-refractivity contribution is 6.06. The van der Waals surface area contributed by atoms with Crippen LogP contribution in [0, 0.1) is 0 Å². The van der Waals surface area contributed by atoms with Gasteiger partial charge in [0.25, 0.3) is 5.91 Å². The number of nitrogens with zero attached hydrogens (tertiary/aromatic N) is 3. The molecule has 0 spiro atoms. The molecule has 0 aliphatic carbocycles. The topological polar surface area (TPSA) is 68.6 Å². The molecule has 7 nitrogen and oxygen atoms in total. The number of nitrogens with one attached hydrogen (secondary N) is 1. The molecule has 0 unspecified atom stereocenters. The average molecular weight is 396 g/mol. The summed E-state index contributed by atoms with van der Waals surface area (Å²) < 4.78 is 12.8. The summed E-state index contributed by atoms with van der Waals surface area (Å²) in [5.74, 6) is 1.14. The number of aromatic nitrogens is 2. The third kappa shape index (κ3) is 4.35. The molecule has 29 heavy (non-hydrogen) atoms. The maximum Gasteiger partial charge on any atom is 0.261 e. The molecule has 0 atom stereocenters. The number of carbonyl (C=O) groups excluding carboxylic acids is 1. The number of likely N-dealkylation sites (N-methyl/N-ethyl adjacent to an activating group) is 1. The lowest BCUT2D eigenvalue weighted by molar-refractivity contribution is 0.102. The van der Waals surface area contributed by atoms with E-state index >= 15 is 0 Å². The molecule has 1 N–H and O–H groups in total. The molecule has 7 heteroatoms. The number of hydrogen-bond donors (Lipinski definition) is 1. The maximum atomic E-state index is 13.0. The van der Waals surface area contributed by atoms with Crippen LogP contribution in [0.2, 0.25) is 0 Å². The van der Waals surface area contributed by atoms with E-state index in [4.69, 9.17) is 9.47 Å². The molecule has 1 heterocycles. The minimum absolute atomic E-state index is 0.292. The fourth-order valence-electron chi connectivity index (χ4n) is 3.41. The Kier molecular flexibility index (Phi) is 6.72. The highest BCUT2D eigenvalue weighted by Crippen LogP contribution is 2.31. The Balaban J connectivity index is 1.93. The second-order valence-electron chi connectivity index (χ2n) is 6.60. The van der Waals surface area contributed by atoms with Crippen LogP contribution in [-0.4, -0.2) is 54.2 Å². The number of rotatable bonds is 9. The second-order valence-corrected chi connectivity index (χ2v) is 6.60. The van der Waals surface area contributed by atoms with Crippen LogP contribution >= 0.6 is 0 Å². The molecule has 1 aromatic heterocycles. The Hall–Kier alpha value is -3.06. The minimum atomic E-state index is -0.292. The SMILES string of the molecule is CCN(CC)CCn1c(NC(=O)c2cccc(OC)c2OC)nc2ccccc21. The molecule has 0 saturated heterocycles. The average Bonchev–Trinajstić information content (AvgIpc) is 3.10. The number of carbonyl (C=O) groups is 1. The first-order chi connectivity index (χ1) is 14.1. The maximum absolute atomic E-state index is 13.0. The third-order valence-corrected chi connectivity index (χ3v) is 5.06. The largest absolute Gasteiger partial charge is 0.493 e. The van der Waals surface area contributed by atoms with Crippen molar-refractivity contribution in [3.05, 3.63) is 48.0 Å². The van der Waals surface area contributed by atoms with Crippen LogP contribution in [-0.2, 0) is 6.54 Å². The molecular formula is C22H28N4O3. The molecule has 0 radical (unpaired) electrons. The van der Waals surface area contributed by atoms with Crippen LogP contribution in [0.15, 0.2) is 42.5 Å². The van der Waals surface area contributed by atoms with Crippen molar-refractivity contribution >= 4 is 22.9 Å². The van der Waals surface area contributed by atoms with Gasteiger partial charge in [0.1, 0.15) is 0 Å². The van der Waals surface area contributed by atoms with Gasteiger partial charge in [0.2, 0.25) is 5.95 Å². The number of fused-ring (bicyclic) bond motifs is 1. The standard InChI is InChI=1S/C22H28N4O3/c1-5-25(6-2)14-15-26-18-12-8-7-11-17(18)23-22(26)24-21(27)16-10-9-13-19(28-3)20(16)29-4/h7-13H,5-6,14-15H2,1-4H3,(H,23,24,27). The fraction of sp³-hybridized carbons (Fsp3) is 0.364. The second kappa shape index (κ2) is 9.43. The summed E-state index contributed by atoms with van der Waals surface area (Å²) in [7, 11) is 3.07. The van der Waals surface area contributed by atoms with Gasteiger partial charge in [0.05, 0.1) is 30.8 Å². The number of methoxy groups -OCH3 is 2. The lowest BCUT2D eigenvalue weighted by atomic mass is 10.1. The summed E-state index contributed by atoms with van der Waals surface area (Å²) >= 11 is 0. The third-order valence-electron chi connectivity index (χ3n) is 5.06. The van der Waals surface area contributed by atoms with Crippen LogP contribution < -0.4 is 14.8 Å². The predicted octanol–water partition coefficient (Wildman–Crippen LogP) is 3.65. The smallest absolute Gasteiger partial charge is 0.261 e.